The molecule has 0 N–H and O–H groups in total. The molecule has 0 bridgehead atoms. The summed E-state index contributed by atoms with van der Waals surface area (Å²) in [4.78, 5) is 2.52. The number of rotatable bonds is 9. The molecule has 3 nitrogen and oxygen atoms in total. The number of furan rings is 1. The van der Waals surface area contributed by atoms with Gasteiger partial charge in [0.25, 0.3) is 0 Å². The highest BCUT2D eigenvalue weighted by atomic mass is 16.3. The van der Waals surface area contributed by atoms with Crippen LogP contribution in [0.25, 0.3) is 78.5 Å². The number of anilines is 1. The first-order valence-corrected chi connectivity index (χ1v) is 24.9. The summed E-state index contributed by atoms with van der Waals surface area (Å²) in [5.41, 5.74) is 20.3. The fourth-order valence-electron chi connectivity index (χ4n) is 11.8. The first-order valence-electron chi connectivity index (χ1n) is 24.9. The van der Waals surface area contributed by atoms with Gasteiger partial charge in [-0.2, -0.15) is 0 Å². The van der Waals surface area contributed by atoms with E-state index in [1.165, 1.54) is 60.6 Å². The monoisotopic (exact) mass is 916 g/mol. The van der Waals surface area contributed by atoms with Crippen LogP contribution >= 0.6 is 0 Å². The van der Waals surface area contributed by atoms with E-state index in [2.05, 4.69) is 257 Å². The number of hydrogen-bond acceptors (Lipinski definition) is 2. The number of aromatic nitrogens is 1. The molecule has 0 radical (unpaired) electrons. The molecule has 2 aromatic heterocycles. The molecule has 3 heteroatoms. The number of fused-ring (bicyclic) bond motifs is 9. The van der Waals surface area contributed by atoms with Crippen molar-refractivity contribution in [3.05, 3.63) is 268 Å². The van der Waals surface area contributed by atoms with E-state index in [1.807, 2.05) is 6.07 Å². The third kappa shape index (κ3) is 7.18. The van der Waals surface area contributed by atoms with E-state index in [1.54, 1.807) is 0 Å². The minimum Gasteiger partial charge on any atom is -0.456 e. The number of nitrogens with zero attached hydrogens (tertiary/aromatic N) is 2. The Morgan fingerprint density at radius 3 is 2.31 bits per heavy atom. The normalized spacial score (nSPS) is 16.1. The van der Waals surface area contributed by atoms with Crippen molar-refractivity contribution in [1.29, 1.82) is 0 Å². The van der Waals surface area contributed by atoms with Crippen molar-refractivity contribution in [1.82, 2.24) is 4.57 Å². The zero-order valence-electron chi connectivity index (χ0n) is 41.1. The van der Waals surface area contributed by atoms with Gasteiger partial charge in [0.15, 0.2) is 0 Å². The molecule has 9 aromatic rings. The Balaban J connectivity index is 1.12. The van der Waals surface area contributed by atoms with E-state index in [0.29, 0.717) is 0 Å². The molecule has 0 saturated carbocycles. The Morgan fingerprint density at radius 1 is 0.746 bits per heavy atom. The van der Waals surface area contributed by atoms with Gasteiger partial charge in [0.1, 0.15) is 11.2 Å². The summed E-state index contributed by atoms with van der Waals surface area (Å²) in [6.07, 6.45) is 23.6. The van der Waals surface area contributed by atoms with Crippen molar-refractivity contribution < 1.29 is 4.42 Å². The quantitative estimate of drug-likeness (QED) is 0.135. The smallest absolute Gasteiger partial charge is 0.137 e. The molecule has 0 amide bonds. The van der Waals surface area contributed by atoms with Crippen LogP contribution in [0.4, 0.5) is 5.69 Å². The lowest BCUT2D eigenvalue weighted by Crippen LogP contribution is -2.28. The molecule has 2 heterocycles. The molecule has 7 aromatic carbocycles. The second kappa shape index (κ2) is 17.5. The standard InChI is InChI=1S/C68H56N2O/c1-7-22-59(69(49-41-39-47(40-42-49)46-23-10-8-11-24-46)61-33-18-15-27-53-51-25-14-17-31-57(51)68(5,6)66(53)61)64(44(2)3)56-43-48(38-37-45(56)4)50-29-20-30-54-52-26-12-9-13-32-58(52)70(67(50)54)60-34-21-36-63-65(60)55-28-16-19-35-62(55)71-63/h7-12,14-43,53H,2,13H2,1,3-6H3/b22-7-,64-59-. The first kappa shape index (κ1) is 43.9. The van der Waals surface area contributed by atoms with Crippen molar-refractivity contribution in [2.75, 3.05) is 4.90 Å². The van der Waals surface area contributed by atoms with Gasteiger partial charge in [-0.1, -0.05) is 190 Å². The largest absolute Gasteiger partial charge is 0.456 e. The predicted molar refractivity (Wildman–Crippen MR) is 301 cm³/mol. The van der Waals surface area contributed by atoms with E-state index in [9.17, 15) is 0 Å². The van der Waals surface area contributed by atoms with Gasteiger partial charge in [0.05, 0.1) is 27.6 Å². The van der Waals surface area contributed by atoms with Crippen molar-refractivity contribution in [2.45, 2.75) is 52.4 Å². The lowest BCUT2D eigenvalue weighted by molar-refractivity contribution is 0.626. The molecule has 0 saturated heterocycles. The van der Waals surface area contributed by atoms with Crippen LogP contribution in [0.15, 0.2) is 240 Å². The van der Waals surface area contributed by atoms with Crippen LogP contribution in [0.2, 0.25) is 0 Å². The highest BCUT2D eigenvalue weighted by Gasteiger charge is 2.43. The molecular weight excluding hydrogens is 861 g/mol. The number of benzene rings is 7. The maximum absolute atomic E-state index is 6.51. The van der Waals surface area contributed by atoms with Crippen molar-refractivity contribution in [3.63, 3.8) is 0 Å². The van der Waals surface area contributed by atoms with Gasteiger partial charge >= 0.3 is 0 Å². The van der Waals surface area contributed by atoms with Crippen LogP contribution in [-0.4, -0.2) is 4.57 Å². The summed E-state index contributed by atoms with van der Waals surface area (Å²) in [5.74, 6) is 0.116. The molecule has 0 spiro atoms. The molecular formula is C68H56N2O. The lowest BCUT2D eigenvalue weighted by Gasteiger charge is -2.35. The summed E-state index contributed by atoms with van der Waals surface area (Å²) in [5, 5.41) is 5.83. The number of hydrogen-bond donors (Lipinski definition) is 0. The molecule has 12 rings (SSSR count). The highest BCUT2D eigenvalue weighted by Crippen LogP contribution is 2.54. The van der Waals surface area contributed by atoms with Gasteiger partial charge in [0, 0.05) is 49.8 Å². The van der Waals surface area contributed by atoms with Crippen molar-refractivity contribution in [3.8, 4) is 27.9 Å². The first-order chi connectivity index (χ1) is 34.7. The van der Waals surface area contributed by atoms with Crippen LogP contribution in [0.1, 0.15) is 62.3 Å². The third-order valence-electron chi connectivity index (χ3n) is 15.0. The summed E-state index contributed by atoms with van der Waals surface area (Å²) in [7, 11) is 0. The molecule has 344 valence electrons. The van der Waals surface area contributed by atoms with E-state index >= 15 is 0 Å². The number of aryl methyl sites for hydroxylation is 1. The number of para-hydroxylation sites is 2. The summed E-state index contributed by atoms with van der Waals surface area (Å²) in [6, 6.07) is 57.5. The van der Waals surface area contributed by atoms with Gasteiger partial charge in [0.2, 0.25) is 0 Å². The van der Waals surface area contributed by atoms with E-state index in [-0.39, 0.29) is 11.3 Å². The second-order valence-electron chi connectivity index (χ2n) is 19.7. The number of allylic oxidation sites excluding steroid dienone is 11. The van der Waals surface area contributed by atoms with E-state index < -0.39 is 0 Å². The second-order valence-corrected chi connectivity index (χ2v) is 19.7. The fraction of sp³-hybridized carbons (Fsp3) is 0.118. The van der Waals surface area contributed by atoms with Gasteiger partial charge in [-0.3, -0.25) is 0 Å². The third-order valence-corrected chi connectivity index (χ3v) is 15.0. The molecule has 0 aliphatic heterocycles. The zero-order valence-corrected chi connectivity index (χ0v) is 41.1. The summed E-state index contributed by atoms with van der Waals surface area (Å²) in [6.45, 7) is 16.1. The maximum Gasteiger partial charge on any atom is 0.137 e. The topological polar surface area (TPSA) is 21.3 Å². The Labute approximate surface area is 416 Å². The Kier molecular flexibility index (Phi) is 10.8. The molecule has 1 atom stereocenters. The molecule has 3 aliphatic rings. The van der Waals surface area contributed by atoms with Crippen LogP contribution in [0.3, 0.4) is 0 Å². The zero-order chi connectivity index (χ0) is 48.4. The van der Waals surface area contributed by atoms with Gasteiger partial charge < -0.3 is 13.9 Å². The Bertz CT molecular complexity index is 3970. The predicted octanol–water partition coefficient (Wildman–Crippen LogP) is 16.5. The summed E-state index contributed by atoms with van der Waals surface area (Å²) >= 11 is 0. The Hall–Kier alpha value is -8.40. The van der Waals surface area contributed by atoms with Gasteiger partial charge in [-0.15, -0.1) is 0 Å². The van der Waals surface area contributed by atoms with Gasteiger partial charge in [-0.05, 0) is 126 Å². The molecule has 3 aliphatic carbocycles. The average Bonchev–Trinajstić information content (AvgIpc) is 3.81. The van der Waals surface area contributed by atoms with Crippen LogP contribution in [-0.2, 0) is 5.41 Å². The maximum atomic E-state index is 6.51. The Morgan fingerprint density at radius 2 is 1.48 bits per heavy atom. The van der Waals surface area contributed by atoms with Crippen molar-refractivity contribution >= 4 is 56.3 Å². The van der Waals surface area contributed by atoms with E-state index in [4.69, 9.17) is 11.0 Å². The van der Waals surface area contributed by atoms with Gasteiger partial charge in [-0.25, -0.2) is 0 Å². The molecule has 0 fully saturated rings. The highest BCUT2D eigenvalue weighted by molar-refractivity contribution is 6.10. The SMILES string of the molecule is C=C(C)/C(=C(\C=C/C)N(C1=C2C(C=CC=C1)c1ccccc1C2(C)C)c1ccc(-c2ccccc2)cc1)c1cc(-c2cccc3c4c(n(-c5cccc6oc7ccccc7c56)c23)=CCC=CC=4)ccc1C. The van der Waals surface area contributed by atoms with Crippen LogP contribution < -0.4 is 15.5 Å². The van der Waals surface area contributed by atoms with Crippen molar-refractivity contribution in [2.24, 2.45) is 0 Å². The van der Waals surface area contributed by atoms with Crippen LogP contribution in [0, 0.1) is 6.92 Å². The average molecular weight is 917 g/mol. The molecule has 1 unspecified atom stereocenters. The van der Waals surface area contributed by atoms with E-state index in [0.717, 1.165) is 73.3 Å². The lowest BCUT2D eigenvalue weighted by atomic mass is 9.79. The van der Waals surface area contributed by atoms with Crippen LogP contribution in [0.5, 0.6) is 0 Å². The minimum absolute atomic E-state index is 0.116. The fourth-order valence-corrected chi connectivity index (χ4v) is 11.8. The minimum atomic E-state index is -0.248. The summed E-state index contributed by atoms with van der Waals surface area (Å²) < 4.78 is 9.00. The molecule has 71 heavy (non-hydrogen) atoms.